The standard InChI is InChI=1S/C15H12N6O2/c1-2-23-15(22)12-9-18-21-13(6-7-17-14(12)21)10-4-3-5-11(8-10)19-20-16/h3-9H,2H2,1H3. The zero-order valence-corrected chi connectivity index (χ0v) is 12.2. The Morgan fingerprint density at radius 2 is 2.30 bits per heavy atom. The van der Waals surface area contributed by atoms with Gasteiger partial charge in [0, 0.05) is 22.4 Å². The summed E-state index contributed by atoms with van der Waals surface area (Å²) in [7, 11) is 0. The van der Waals surface area contributed by atoms with Crippen LogP contribution < -0.4 is 0 Å². The summed E-state index contributed by atoms with van der Waals surface area (Å²) in [5, 5.41) is 7.82. The summed E-state index contributed by atoms with van der Waals surface area (Å²) in [6.45, 7) is 2.02. The summed E-state index contributed by atoms with van der Waals surface area (Å²) in [5.74, 6) is -0.463. The summed E-state index contributed by atoms with van der Waals surface area (Å²) in [4.78, 5) is 18.9. The molecule has 0 spiro atoms. The Labute approximate surface area is 131 Å². The van der Waals surface area contributed by atoms with Crippen LogP contribution in [-0.4, -0.2) is 27.2 Å². The lowest BCUT2D eigenvalue weighted by Crippen LogP contribution is -2.05. The summed E-state index contributed by atoms with van der Waals surface area (Å²) < 4.78 is 6.56. The maximum atomic E-state index is 11.9. The van der Waals surface area contributed by atoms with E-state index in [0.29, 0.717) is 16.9 Å². The van der Waals surface area contributed by atoms with Crippen molar-refractivity contribution in [2.45, 2.75) is 6.92 Å². The zero-order chi connectivity index (χ0) is 16.2. The Kier molecular flexibility index (Phi) is 3.90. The number of benzene rings is 1. The topological polar surface area (TPSA) is 105 Å². The second kappa shape index (κ2) is 6.17. The Morgan fingerprint density at radius 3 is 3.09 bits per heavy atom. The van der Waals surface area contributed by atoms with Gasteiger partial charge in [0.05, 0.1) is 18.5 Å². The van der Waals surface area contributed by atoms with E-state index in [1.54, 1.807) is 41.9 Å². The number of carbonyl (C=O) groups is 1. The number of esters is 1. The van der Waals surface area contributed by atoms with Crippen molar-refractivity contribution in [3.8, 4) is 11.3 Å². The van der Waals surface area contributed by atoms with Crippen LogP contribution in [0.4, 0.5) is 5.69 Å². The smallest absolute Gasteiger partial charge is 0.343 e. The van der Waals surface area contributed by atoms with Crippen LogP contribution in [0, 0.1) is 0 Å². The number of nitrogens with zero attached hydrogens (tertiary/aromatic N) is 6. The highest BCUT2D eigenvalue weighted by molar-refractivity contribution is 5.95. The molecule has 0 aliphatic carbocycles. The van der Waals surface area contributed by atoms with Gasteiger partial charge in [-0.15, -0.1) is 0 Å². The maximum Gasteiger partial charge on any atom is 0.343 e. The van der Waals surface area contributed by atoms with Crippen LogP contribution in [0.1, 0.15) is 17.3 Å². The Balaban J connectivity index is 2.14. The van der Waals surface area contributed by atoms with Gasteiger partial charge in [0.25, 0.3) is 0 Å². The van der Waals surface area contributed by atoms with Gasteiger partial charge in [0.2, 0.25) is 0 Å². The predicted molar refractivity (Wildman–Crippen MR) is 83.2 cm³/mol. The van der Waals surface area contributed by atoms with Crippen molar-refractivity contribution in [2.24, 2.45) is 5.11 Å². The van der Waals surface area contributed by atoms with Crippen LogP contribution >= 0.6 is 0 Å². The van der Waals surface area contributed by atoms with E-state index in [9.17, 15) is 4.79 Å². The quantitative estimate of drug-likeness (QED) is 0.318. The number of aromatic nitrogens is 3. The molecule has 0 saturated carbocycles. The lowest BCUT2D eigenvalue weighted by atomic mass is 10.1. The van der Waals surface area contributed by atoms with E-state index in [1.807, 2.05) is 6.07 Å². The van der Waals surface area contributed by atoms with Gasteiger partial charge in [0.1, 0.15) is 5.56 Å². The molecule has 3 rings (SSSR count). The zero-order valence-electron chi connectivity index (χ0n) is 12.2. The SMILES string of the molecule is CCOC(=O)c1cnn2c(-c3cccc(N=[N+]=[N-])c3)ccnc12. The molecule has 0 fully saturated rings. The van der Waals surface area contributed by atoms with Gasteiger partial charge in [-0.3, -0.25) is 0 Å². The molecule has 0 radical (unpaired) electrons. The molecule has 114 valence electrons. The van der Waals surface area contributed by atoms with Crippen LogP contribution in [-0.2, 0) is 4.74 Å². The molecule has 3 aromatic rings. The summed E-state index contributed by atoms with van der Waals surface area (Å²) in [6.07, 6.45) is 3.02. The van der Waals surface area contributed by atoms with Gasteiger partial charge in [-0.05, 0) is 24.6 Å². The van der Waals surface area contributed by atoms with Gasteiger partial charge in [-0.25, -0.2) is 14.3 Å². The van der Waals surface area contributed by atoms with Crippen molar-refractivity contribution in [2.75, 3.05) is 6.61 Å². The molecule has 0 bridgehead atoms. The summed E-state index contributed by atoms with van der Waals surface area (Å²) in [6, 6.07) is 8.84. The molecule has 0 aliphatic heterocycles. The van der Waals surface area contributed by atoms with Gasteiger partial charge >= 0.3 is 5.97 Å². The Hall–Kier alpha value is -3.38. The summed E-state index contributed by atoms with van der Waals surface area (Å²) >= 11 is 0. The minimum absolute atomic E-state index is 0.282. The molecule has 23 heavy (non-hydrogen) atoms. The number of hydrogen-bond acceptors (Lipinski definition) is 5. The van der Waals surface area contributed by atoms with Crippen molar-refractivity contribution < 1.29 is 9.53 Å². The number of fused-ring (bicyclic) bond motifs is 1. The second-order valence-electron chi connectivity index (χ2n) is 4.58. The van der Waals surface area contributed by atoms with Crippen LogP contribution in [0.15, 0.2) is 47.8 Å². The van der Waals surface area contributed by atoms with Crippen LogP contribution in [0.3, 0.4) is 0 Å². The average molecular weight is 308 g/mol. The summed E-state index contributed by atoms with van der Waals surface area (Å²) in [5.41, 5.74) is 11.3. The molecular weight excluding hydrogens is 296 g/mol. The molecule has 0 N–H and O–H groups in total. The molecule has 2 heterocycles. The first-order valence-electron chi connectivity index (χ1n) is 6.90. The predicted octanol–water partition coefficient (Wildman–Crippen LogP) is 3.51. The third kappa shape index (κ3) is 2.70. The van der Waals surface area contributed by atoms with E-state index in [-0.39, 0.29) is 6.61 Å². The van der Waals surface area contributed by atoms with E-state index < -0.39 is 5.97 Å². The fourth-order valence-corrected chi connectivity index (χ4v) is 2.24. The van der Waals surface area contributed by atoms with E-state index in [2.05, 4.69) is 20.1 Å². The monoisotopic (exact) mass is 308 g/mol. The largest absolute Gasteiger partial charge is 0.462 e. The Bertz CT molecular complexity index is 927. The molecule has 0 saturated heterocycles. The minimum atomic E-state index is -0.463. The minimum Gasteiger partial charge on any atom is -0.462 e. The van der Waals surface area contributed by atoms with Gasteiger partial charge in [-0.2, -0.15) is 5.10 Å². The lowest BCUT2D eigenvalue weighted by molar-refractivity contribution is 0.0528. The van der Waals surface area contributed by atoms with Crippen LogP contribution in [0.2, 0.25) is 0 Å². The fourth-order valence-electron chi connectivity index (χ4n) is 2.24. The second-order valence-corrected chi connectivity index (χ2v) is 4.58. The van der Waals surface area contributed by atoms with Crippen LogP contribution in [0.5, 0.6) is 0 Å². The fraction of sp³-hybridized carbons (Fsp3) is 0.133. The highest BCUT2D eigenvalue weighted by Gasteiger charge is 2.17. The van der Waals surface area contributed by atoms with Gasteiger partial charge in [0.15, 0.2) is 5.65 Å². The third-order valence-corrected chi connectivity index (χ3v) is 3.20. The maximum absolute atomic E-state index is 11.9. The van der Waals surface area contributed by atoms with Crippen molar-refractivity contribution in [3.05, 3.63) is 58.7 Å². The molecular formula is C15H12N6O2. The molecule has 2 aromatic heterocycles. The number of rotatable bonds is 4. The van der Waals surface area contributed by atoms with E-state index in [0.717, 1.165) is 11.3 Å². The average Bonchev–Trinajstić information content (AvgIpc) is 3.00. The van der Waals surface area contributed by atoms with E-state index >= 15 is 0 Å². The normalized spacial score (nSPS) is 10.3. The molecule has 1 aromatic carbocycles. The highest BCUT2D eigenvalue weighted by atomic mass is 16.5. The molecule has 8 nitrogen and oxygen atoms in total. The first-order chi connectivity index (χ1) is 11.2. The first kappa shape index (κ1) is 14.6. The number of azide groups is 1. The number of ether oxygens (including phenoxy) is 1. The van der Waals surface area contributed by atoms with Crippen molar-refractivity contribution in [1.29, 1.82) is 0 Å². The van der Waals surface area contributed by atoms with Gasteiger partial charge < -0.3 is 4.74 Å². The first-order valence-corrected chi connectivity index (χ1v) is 6.90. The number of hydrogen-bond donors (Lipinski definition) is 0. The molecule has 8 heteroatoms. The number of carbonyl (C=O) groups excluding carboxylic acids is 1. The van der Waals surface area contributed by atoms with Crippen molar-refractivity contribution >= 4 is 17.3 Å². The molecule has 0 amide bonds. The molecule has 0 aliphatic rings. The lowest BCUT2D eigenvalue weighted by Gasteiger charge is -2.05. The van der Waals surface area contributed by atoms with E-state index in [1.165, 1.54) is 6.20 Å². The van der Waals surface area contributed by atoms with E-state index in [4.69, 9.17) is 10.3 Å². The Morgan fingerprint density at radius 1 is 1.43 bits per heavy atom. The van der Waals surface area contributed by atoms with Crippen molar-refractivity contribution in [1.82, 2.24) is 14.6 Å². The molecule has 0 unspecified atom stereocenters. The van der Waals surface area contributed by atoms with Crippen molar-refractivity contribution in [3.63, 3.8) is 0 Å². The van der Waals surface area contributed by atoms with Gasteiger partial charge in [-0.1, -0.05) is 23.3 Å². The highest BCUT2D eigenvalue weighted by Crippen LogP contribution is 2.25. The molecule has 0 atom stereocenters. The van der Waals surface area contributed by atoms with Crippen LogP contribution in [0.25, 0.3) is 27.3 Å². The third-order valence-electron chi connectivity index (χ3n) is 3.20.